The van der Waals surface area contributed by atoms with E-state index in [1.54, 1.807) is 11.6 Å². The van der Waals surface area contributed by atoms with Crippen LogP contribution in [0.5, 0.6) is 0 Å². The van der Waals surface area contributed by atoms with Gasteiger partial charge in [-0.15, -0.1) is 0 Å². The van der Waals surface area contributed by atoms with Crippen molar-refractivity contribution in [1.82, 2.24) is 9.44 Å². The van der Waals surface area contributed by atoms with Gasteiger partial charge < -0.3 is 9.84 Å². The number of hydrogen-bond donors (Lipinski definition) is 3. The third kappa shape index (κ3) is 4.88. The molecule has 1 amide bonds. The van der Waals surface area contributed by atoms with Crippen LogP contribution in [-0.4, -0.2) is 38.4 Å². The first-order valence-corrected chi connectivity index (χ1v) is 7.08. The molecule has 17 heavy (non-hydrogen) atoms. The molecule has 1 rings (SSSR count). The minimum Gasteiger partial charge on any atom is -0.449 e. The predicted molar refractivity (Wildman–Crippen MR) is 60.5 cm³/mol. The Morgan fingerprint density at radius 1 is 1.41 bits per heavy atom. The van der Waals surface area contributed by atoms with Crippen LogP contribution in [-0.2, 0) is 14.9 Å². The molecule has 2 atom stereocenters. The van der Waals surface area contributed by atoms with Gasteiger partial charge in [-0.1, -0.05) is 12.8 Å². The van der Waals surface area contributed by atoms with Crippen LogP contribution in [0.2, 0.25) is 0 Å². The van der Waals surface area contributed by atoms with Gasteiger partial charge in [0.25, 0.3) is 0 Å². The molecule has 0 saturated heterocycles. The average molecular weight is 266 g/mol. The smallest absolute Gasteiger partial charge is 0.421 e. The number of aliphatic hydroxyl groups is 1. The molecule has 0 radical (unpaired) electrons. The zero-order valence-corrected chi connectivity index (χ0v) is 10.5. The molecule has 0 aromatic rings. The number of rotatable bonds is 4. The van der Waals surface area contributed by atoms with Crippen LogP contribution in [0, 0.1) is 0 Å². The SMILES string of the molecule is CCOC(=O)NS(=O)(=O)N[C@H]1CCCC[C@@H]1O. The second-order valence-corrected chi connectivity index (χ2v) is 5.35. The molecule has 0 aliphatic heterocycles. The zero-order chi connectivity index (χ0) is 12.9. The summed E-state index contributed by atoms with van der Waals surface area (Å²) in [7, 11) is -3.97. The van der Waals surface area contributed by atoms with Crippen molar-refractivity contribution in [3.8, 4) is 0 Å². The maximum Gasteiger partial charge on any atom is 0.421 e. The summed E-state index contributed by atoms with van der Waals surface area (Å²) in [5, 5.41) is 9.60. The fraction of sp³-hybridized carbons (Fsp3) is 0.889. The van der Waals surface area contributed by atoms with Crippen molar-refractivity contribution < 1.29 is 23.1 Å². The summed E-state index contributed by atoms with van der Waals surface area (Å²) >= 11 is 0. The summed E-state index contributed by atoms with van der Waals surface area (Å²) in [6.45, 7) is 1.66. The average Bonchev–Trinajstić information content (AvgIpc) is 2.20. The van der Waals surface area contributed by atoms with Crippen LogP contribution in [0.3, 0.4) is 0 Å². The van der Waals surface area contributed by atoms with Crippen LogP contribution < -0.4 is 9.44 Å². The monoisotopic (exact) mass is 266 g/mol. The maximum atomic E-state index is 11.5. The van der Waals surface area contributed by atoms with Gasteiger partial charge in [-0.2, -0.15) is 13.1 Å². The Bertz CT molecular complexity index is 356. The topological polar surface area (TPSA) is 105 Å². The van der Waals surface area contributed by atoms with Crippen molar-refractivity contribution in [3.05, 3.63) is 0 Å². The van der Waals surface area contributed by atoms with E-state index < -0.39 is 28.4 Å². The molecule has 0 bridgehead atoms. The van der Waals surface area contributed by atoms with Crippen LogP contribution in [0.4, 0.5) is 4.79 Å². The van der Waals surface area contributed by atoms with Gasteiger partial charge in [0, 0.05) is 6.04 Å². The summed E-state index contributed by atoms with van der Waals surface area (Å²) < 4.78 is 31.4. The van der Waals surface area contributed by atoms with E-state index in [0.29, 0.717) is 12.8 Å². The molecule has 0 heterocycles. The minimum atomic E-state index is -3.97. The Morgan fingerprint density at radius 3 is 2.65 bits per heavy atom. The molecule has 3 N–H and O–H groups in total. The Morgan fingerprint density at radius 2 is 2.06 bits per heavy atom. The van der Waals surface area contributed by atoms with Gasteiger partial charge in [-0.3, -0.25) is 0 Å². The molecule has 1 fully saturated rings. The lowest BCUT2D eigenvalue weighted by molar-refractivity contribution is 0.101. The number of carbonyl (C=O) groups excluding carboxylic acids is 1. The molecule has 1 saturated carbocycles. The quantitative estimate of drug-likeness (QED) is 0.657. The van der Waals surface area contributed by atoms with Gasteiger partial charge >= 0.3 is 16.3 Å². The predicted octanol–water partition coefficient (Wildman–Crippen LogP) is -0.130. The highest BCUT2D eigenvalue weighted by Crippen LogP contribution is 2.18. The Balaban J connectivity index is 2.50. The fourth-order valence-corrected chi connectivity index (χ4v) is 2.76. The minimum absolute atomic E-state index is 0.0907. The molecule has 1 aliphatic rings. The second-order valence-electron chi connectivity index (χ2n) is 3.90. The standard InChI is InChI=1S/C9H18N2O5S/c1-2-16-9(13)11-17(14,15)10-7-5-3-4-6-8(7)12/h7-8,10,12H,2-6H2,1H3,(H,11,13)/t7-,8-/m0/s1. The van der Waals surface area contributed by atoms with E-state index in [2.05, 4.69) is 9.46 Å². The number of aliphatic hydroxyl groups excluding tert-OH is 1. The van der Waals surface area contributed by atoms with Crippen molar-refractivity contribution >= 4 is 16.3 Å². The van der Waals surface area contributed by atoms with Crippen LogP contribution in [0.1, 0.15) is 32.6 Å². The molecule has 1 aliphatic carbocycles. The van der Waals surface area contributed by atoms with Gasteiger partial charge in [0.1, 0.15) is 0 Å². The zero-order valence-electron chi connectivity index (χ0n) is 9.68. The maximum absolute atomic E-state index is 11.5. The highest BCUT2D eigenvalue weighted by atomic mass is 32.2. The van der Waals surface area contributed by atoms with Crippen molar-refractivity contribution in [3.63, 3.8) is 0 Å². The molecular formula is C9H18N2O5S. The summed E-state index contributed by atoms with van der Waals surface area (Å²) in [4.78, 5) is 11.0. The summed E-state index contributed by atoms with van der Waals surface area (Å²) in [5.41, 5.74) is 0. The first kappa shape index (κ1) is 14.2. The molecule has 8 heteroatoms. The Labute approximate surface area is 101 Å². The first-order valence-electron chi connectivity index (χ1n) is 5.59. The van der Waals surface area contributed by atoms with E-state index in [4.69, 9.17) is 0 Å². The fourth-order valence-electron chi connectivity index (χ4n) is 1.75. The van der Waals surface area contributed by atoms with Crippen LogP contribution >= 0.6 is 0 Å². The van der Waals surface area contributed by atoms with Crippen molar-refractivity contribution in [2.75, 3.05) is 6.61 Å². The number of nitrogens with one attached hydrogen (secondary N) is 2. The van der Waals surface area contributed by atoms with Crippen LogP contribution in [0.25, 0.3) is 0 Å². The molecular weight excluding hydrogens is 248 g/mol. The highest BCUT2D eigenvalue weighted by molar-refractivity contribution is 7.88. The Hall–Kier alpha value is -0.860. The molecule has 0 aromatic carbocycles. The lowest BCUT2D eigenvalue weighted by atomic mass is 9.93. The van der Waals surface area contributed by atoms with Crippen molar-refractivity contribution in [2.45, 2.75) is 44.8 Å². The summed E-state index contributed by atoms with van der Waals surface area (Å²) in [6, 6.07) is -0.546. The van der Waals surface area contributed by atoms with E-state index in [1.807, 2.05) is 0 Å². The van der Waals surface area contributed by atoms with Crippen molar-refractivity contribution in [2.24, 2.45) is 0 Å². The highest BCUT2D eigenvalue weighted by Gasteiger charge is 2.28. The van der Waals surface area contributed by atoms with E-state index in [9.17, 15) is 18.3 Å². The Kier molecular flexibility index (Phi) is 5.16. The lowest BCUT2D eigenvalue weighted by Crippen LogP contribution is -2.50. The molecule has 0 spiro atoms. The van der Waals surface area contributed by atoms with E-state index >= 15 is 0 Å². The molecule has 7 nitrogen and oxygen atoms in total. The van der Waals surface area contributed by atoms with Gasteiger partial charge in [0.15, 0.2) is 0 Å². The van der Waals surface area contributed by atoms with E-state index in [-0.39, 0.29) is 6.61 Å². The molecule has 100 valence electrons. The second kappa shape index (κ2) is 6.18. The summed E-state index contributed by atoms with van der Waals surface area (Å²) in [6.07, 6.45) is 1.12. The normalized spacial score (nSPS) is 25.3. The van der Waals surface area contributed by atoms with Gasteiger partial charge in [-0.25, -0.2) is 9.52 Å². The third-order valence-electron chi connectivity index (χ3n) is 2.53. The van der Waals surface area contributed by atoms with Crippen LogP contribution in [0.15, 0.2) is 0 Å². The number of amides is 1. The van der Waals surface area contributed by atoms with Crippen molar-refractivity contribution in [1.29, 1.82) is 0 Å². The van der Waals surface area contributed by atoms with Gasteiger partial charge in [-0.05, 0) is 19.8 Å². The number of carbonyl (C=O) groups is 1. The lowest BCUT2D eigenvalue weighted by Gasteiger charge is -2.27. The summed E-state index contributed by atoms with van der Waals surface area (Å²) in [5.74, 6) is 0. The first-order chi connectivity index (χ1) is 7.94. The van der Waals surface area contributed by atoms with E-state index in [1.165, 1.54) is 0 Å². The largest absolute Gasteiger partial charge is 0.449 e. The molecule has 0 unspecified atom stereocenters. The third-order valence-corrected chi connectivity index (χ3v) is 3.58. The van der Waals surface area contributed by atoms with E-state index in [0.717, 1.165) is 12.8 Å². The number of hydrogen-bond acceptors (Lipinski definition) is 5. The number of ether oxygens (including phenoxy) is 1. The van der Waals surface area contributed by atoms with Gasteiger partial charge in [0.05, 0.1) is 12.7 Å². The van der Waals surface area contributed by atoms with Gasteiger partial charge in [0.2, 0.25) is 0 Å². The molecule has 0 aromatic heterocycles.